The van der Waals surface area contributed by atoms with E-state index in [2.05, 4.69) is 5.32 Å². The fraction of sp³-hybridized carbons (Fsp3) is 0.500. The van der Waals surface area contributed by atoms with Crippen molar-refractivity contribution in [1.82, 2.24) is 9.62 Å². The standard InChI is InChI=1S/C12H16N2O5S2/c1-13-11(15)8-2-4-14(5-3-8)21(18,19)9-6-10(12(16)17)20-7-9/h6-8H,2-5H2,1H3,(H,13,15)(H,16,17). The summed E-state index contributed by atoms with van der Waals surface area (Å²) in [6, 6.07) is 1.17. The van der Waals surface area contributed by atoms with E-state index < -0.39 is 16.0 Å². The summed E-state index contributed by atoms with van der Waals surface area (Å²) in [5.41, 5.74) is 0. The Bertz CT molecular complexity index is 644. The second-order valence-corrected chi connectivity index (χ2v) is 7.59. The highest BCUT2D eigenvalue weighted by atomic mass is 32.2. The van der Waals surface area contributed by atoms with Crippen LogP contribution in [0, 0.1) is 5.92 Å². The summed E-state index contributed by atoms with van der Waals surface area (Å²) >= 11 is 0.888. The van der Waals surface area contributed by atoms with Crippen LogP contribution in [0.3, 0.4) is 0 Å². The number of nitrogens with one attached hydrogen (secondary N) is 1. The predicted molar refractivity (Wildman–Crippen MR) is 76.8 cm³/mol. The van der Waals surface area contributed by atoms with Gasteiger partial charge in [-0.15, -0.1) is 11.3 Å². The molecule has 2 heterocycles. The van der Waals surface area contributed by atoms with E-state index in [1.54, 1.807) is 7.05 Å². The minimum atomic E-state index is -3.68. The lowest BCUT2D eigenvalue weighted by Gasteiger charge is -2.29. The number of carbonyl (C=O) groups excluding carboxylic acids is 1. The first-order valence-electron chi connectivity index (χ1n) is 6.40. The van der Waals surface area contributed by atoms with E-state index >= 15 is 0 Å². The van der Waals surface area contributed by atoms with E-state index in [4.69, 9.17) is 5.11 Å². The van der Waals surface area contributed by atoms with Crippen molar-refractivity contribution in [3.63, 3.8) is 0 Å². The molecule has 0 aromatic carbocycles. The van der Waals surface area contributed by atoms with Gasteiger partial charge in [-0.1, -0.05) is 0 Å². The van der Waals surface area contributed by atoms with Crippen molar-refractivity contribution in [2.75, 3.05) is 20.1 Å². The average Bonchev–Trinajstić information content (AvgIpc) is 2.97. The Kier molecular flexibility index (Phi) is 4.64. The summed E-state index contributed by atoms with van der Waals surface area (Å²) in [7, 11) is -2.12. The Labute approximate surface area is 126 Å². The summed E-state index contributed by atoms with van der Waals surface area (Å²) in [6.07, 6.45) is 0.934. The number of sulfonamides is 1. The zero-order chi connectivity index (χ0) is 15.6. The molecular weight excluding hydrogens is 316 g/mol. The smallest absolute Gasteiger partial charge is 0.345 e. The van der Waals surface area contributed by atoms with Gasteiger partial charge < -0.3 is 10.4 Å². The number of thiophene rings is 1. The molecule has 1 aromatic heterocycles. The maximum Gasteiger partial charge on any atom is 0.345 e. The molecule has 2 N–H and O–H groups in total. The van der Waals surface area contributed by atoms with Gasteiger partial charge in [0.1, 0.15) is 4.88 Å². The molecule has 9 heteroatoms. The topological polar surface area (TPSA) is 104 Å². The van der Waals surface area contributed by atoms with Gasteiger partial charge in [0.25, 0.3) is 0 Å². The van der Waals surface area contributed by atoms with E-state index in [9.17, 15) is 18.0 Å². The quantitative estimate of drug-likeness (QED) is 0.840. The number of rotatable bonds is 4. The number of amides is 1. The van der Waals surface area contributed by atoms with Crippen LogP contribution in [0.1, 0.15) is 22.5 Å². The molecule has 0 saturated carbocycles. The predicted octanol–water partition coefficient (Wildman–Crippen LogP) is 0.593. The van der Waals surface area contributed by atoms with Gasteiger partial charge in [0.05, 0.1) is 4.90 Å². The molecule has 7 nitrogen and oxygen atoms in total. The van der Waals surface area contributed by atoms with Crippen molar-refractivity contribution in [2.24, 2.45) is 5.92 Å². The van der Waals surface area contributed by atoms with Crippen LogP contribution < -0.4 is 5.32 Å². The zero-order valence-electron chi connectivity index (χ0n) is 11.4. The maximum absolute atomic E-state index is 12.4. The highest BCUT2D eigenvalue weighted by Gasteiger charge is 2.32. The fourth-order valence-corrected chi connectivity index (χ4v) is 4.85. The molecule has 1 amide bonds. The molecule has 1 fully saturated rings. The molecule has 0 unspecified atom stereocenters. The van der Waals surface area contributed by atoms with Gasteiger partial charge in [-0.3, -0.25) is 4.79 Å². The molecule has 0 radical (unpaired) electrons. The van der Waals surface area contributed by atoms with Crippen molar-refractivity contribution < 1.29 is 23.1 Å². The van der Waals surface area contributed by atoms with Gasteiger partial charge in [-0.25, -0.2) is 13.2 Å². The van der Waals surface area contributed by atoms with Crippen molar-refractivity contribution >= 4 is 33.2 Å². The summed E-state index contributed by atoms with van der Waals surface area (Å²) in [6.45, 7) is 0.525. The molecule has 2 rings (SSSR count). The highest BCUT2D eigenvalue weighted by Crippen LogP contribution is 2.26. The van der Waals surface area contributed by atoms with E-state index in [0.29, 0.717) is 12.8 Å². The molecule has 1 saturated heterocycles. The largest absolute Gasteiger partial charge is 0.477 e. The van der Waals surface area contributed by atoms with Crippen LogP contribution in [0.2, 0.25) is 0 Å². The number of hydrogen-bond donors (Lipinski definition) is 2. The number of hydrogen-bond acceptors (Lipinski definition) is 5. The minimum absolute atomic E-state index is 0.00305. The van der Waals surface area contributed by atoms with Crippen LogP contribution >= 0.6 is 11.3 Å². The van der Waals surface area contributed by atoms with Gasteiger partial charge in [0.2, 0.25) is 15.9 Å². The Morgan fingerprint density at radius 3 is 2.48 bits per heavy atom. The summed E-state index contributed by atoms with van der Waals surface area (Å²) in [4.78, 5) is 22.4. The summed E-state index contributed by atoms with van der Waals surface area (Å²) < 4.78 is 26.1. The Hall–Kier alpha value is -1.45. The SMILES string of the molecule is CNC(=O)C1CCN(S(=O)(=O)c2csc(C(=O)O)c2)CC1. The van der Waals surface area contributed by atoms with Crippen LogP contribution in [-0.4, -0.2) is 49.8 Å². The molecular formula is C12H16N2O5S2. The lowest BCUT2D eigenvalue weighted by atomic mass is 9.97. The van der Waals surface area contributed by atoms with Crippen molar-refractivity contribution in [2.45, 2.75) is 17.7 Å². The first-order chi connectivity index (χ1) is 9.86. The number of nitrogens with zero attached hydrogens (tertiary/aromatic N) is 1. The molecule has 1 aliphatic heterocycles. The zero-order valence-corrected chi connectivity index (χ0v) is 13.0. The Morgan fingerprint density at radius 2 is 2.00 bits per heavy atom. The van der Waals surface area contributed by atoms with E-state index in [0.717, 1.165) is 11.3 Å². The van der Waals surface area contributed by atoms with Crippen LogP contribution in [0.25, 0.3) is 0 Å². The van der Waals surface area contributed by atoms with E-state index in [-0.39, 0.29) is 34.7 Å². The highest BCUT2D eigenvalue weighted by molar-refractivity contribution is 7.89. The van der Waals surface area contributed by atoms with Crippen molar-refractivity contribution in [3.8, 4) is 0 Å². The monoisotopic (exact) mass is 332 g/mol. The van der Waals surface area contributed by atoms with Gasteiger partial charge in [-0.2, -0.15) is 4.31 Å². The molecule has 21 heavy (non-hydrogen) atoms. The number of carboxylic acids is 1. The number of piperidine rings is 1. The summed E-state index contributed by atoms with van der Waals surface area (Å²) in [5, 5.41) is 12.8. The second kappa shape index (κ2) is 6.12. The third-order valence-corrected chi connectivity index (χ3v) is 6.44. The summed E-state index contributed by atoms with van der Waals surface area (Å²) in [5.74, 6) is -1.38. The molecule has 116 valence electrons. The van der Waals surface area contributed by atoms with Crippen molar-refractivity contribution in [3.05, 3.63) is 16.3 Å². The first kappa shape index (κ1) is 15.9. The van der Waals surface area contributed by atoms with Crippen LogP contribution in [-0.2, 0) is 14.8 Å². The van der Waals surface area contributed by atoms with Gasteiger partial charge in [0.15, 0.2) is 0 Å². The molecule has 0 aliphatic carbocycles. The van der Waals surface area contributed by atoms with Gasteiger partial charge in [-0.05, 0) is 18.9 Å². The van der Waals surface area contributed by atoms with Gasteiger partial charge >= 0.3 is 5.97 Å². The normalized spacial score (nSPS) is 17.6. The third kappa shape index (κ3) is 3.25. The minimum Gasteiger partial charge on any atom is -0.477 e. The first-order valence-corrected chi connectivity index (χ1v) is 8.72. The lowest BCUT2D eigenvalue weighted by molar-refractivity contribution is -0.125. The van der Waals surface area contributed by atoms with Crippen LogP contribution in [0.15, 0.2) is 16.3 Å². The van der Waals surface area contributed by atoms with Crippen LogP contribution in [0.5, 0.6) is 0 Å². The molecule has 1 aromatic rings. The molecule has 0 spiro atoms. The molecule has 1 aliphatic rings. The number of carbonyl (C=O) groups is 2. The van der Waals surface area contributed by atoms with Gasteiger partial charge in [0, 0.05) is 31.4 Å². The Morgan fingerprint density at radius 1 is 1.38 bits per heavy atom. The maximum atomic E-state index is 12.4. The average molecular weight is 332 g/mol. The molecule has 0 bridgehead atoms. The van der Waals surface area contributed by atoms with E-state index in [1.807, 2.05) is 0 Å². The third-order valence-electron chi connectivity index (χ3n) is 3.50. The second-order valence-electron chi connectivity index (χ2n) is 4.74. The Balaban J connectivity index is 2.11. The van der Waals surface area contributed by atoms with Crippen LogP contribution in [0.4, 0.5) is 0 Å². The molecule has 0 atom stereocenters. The lowest BCUT2D eigenvalue weighted by Crippen LogP contribution is -2.42. The number of carboxylic acid groups (broad SMARTS) is 1. The number of aromatic carboxylic acids is 1. The fourth-order valence-electron chi connectivity index (χ4n) is 2.28. The van der Waals surface area contributed by atoms with Crippen molar-refractivity contribution in [1.29, 1.82) is 0 Å². The van der Waals surface area contributed by atoms with E-state index in [1.165, 1.54) is 15.8 Å².